The zero-order valence-electron chi connectivity index (χ0n) is 15.3. The first-order valence-electron chi connectivity index (χ1n) is 9.08. The highest BCUT2D eigenvalue weighted by molar-refractivity contribution is 6.31. The number of halogens is 2. The van der Waals surface area contributed by atoms with Gasteiger partial charge in [-0.25, -0.2) is 0 Å². The standard InChI is InChI=1S/C25H20Cl2/c1-16-22-13-12-21(27)14-24(22)17(2)23(16)15-25(18-6-4-3-5-7-18)19-8-10-20(26)11-9-19/h3-16H,1-2H3/b25-15+. The molecule has 0 aromatic heterocycles. The van der Waals surface area contributed by atoms with Crippen LogP contribution in [0.4, 0.5) is 0 Å². The molecule has 0 saturated carbocycles. The van der Waals surface area contributed by atoms with E-state index >= 15 is 0 Å². The van der Waals surface area contributed by atoms with Crippen LogP contribution in [-0.2, 0) is 0 Å². The highest BCUT2D eigenvalue weighted by Gasteiger charge is 2.25. The van der Waals surface area contributed by atoms with Crippen LogP contribution < -0.4 is 0 Å². The molecule has 0 N–H and O–H groups in total. The molecule has 1 aliphatic rings. The topological polar surface area (TPSA) is 0 Å². The summed E-state index contributed by atoms with van der Waals surface area (Å²) in [5, 5.41) is 1.53. The molecule has 4 rings (SSSR count). The van der Waals surface area contributed by atoms with Crippen LogP contribution in [0.25, 0.3) is 11.1 Å². The lowest BCUT2D eigenvalue weighted by Crippen LogP contribution is -1.94. The molecule has 0 aliphatic heterocycles. The second-order valence-corrected chi connectivity index (χ2v) is 7.84. The van der Waals surface area contributed by atoms with Gasteiger partial charge in [-0.2, -0.15) is 0 Å². The van der Waals surface area contributed by atoms with Crippen molar-refractivity contribution in [3.05, 3.63) is 117 Å². The van der Waals surface area contributed by atoms with Crippen LogP contribution >= 0.6 is 23.2 Å². The molecule has 2 heteroatoms. The summed E-state index contributed by atoms with van der Waals surface area (Å²) in [6, 6.07) is 24.8. The molecule has 0 radical (unpaired) electrons. The molecule has 1 aliphatic carbocycles. The van der Waals surface area contributed by atoms with Gasteiger partial charge in [0.1, 0.15) is 0 Å². The van der Waals surface area contributed by atoms with Gasteiger partial charge in [0.25, 0.3) is 0 Å². The second kappa shape index (κ2) is 7.38. The molecule has 0 fully saturated rings. The van der Waals surface area contributed by atoms with Gasteiger partial charge >= 0.3 is 0 Å². The predicted molar refractivity (Wildman–Crippen MR) is 117 cm³/mol. The van der Waals surface area contributed by atoms with Crippen molar-refractivity contribution in [1.82, 2.24) is 0 Å². The van der Waals surface area contributed by atoms with Gasteiger partial charge in [0.2, 0.25) is 0 Å². The Morgan fingerprint density at radius 3 is 2.15 bits per heavy atom. The number of rotatable bonds is 3. The van der Waals surface area contributed by atoms with Gasteiger partial charge in [0.05, 0.1) is 0 Å². The number of allylic oxidation sites excluding steroid dienone is 3. The first-order valence-corrected chi connectivity index (χ1v) is 9.84. The first kappa shape index (κ1) is 18.1. The van der Waals surface area contributed by atoms with Crippen LogP contribution in [0.1, 0.15) is 42.0 Å². The maximum atomic E-state index is 6.25. The molecule has 0 nitrogen and oxygen atoms in total. The summed E-state index contributed by atoms with van der Waals surface area (Å²) in [5.74, 6) is 0.336. The number of hydrogen-bond acceptors (Lipinski definition) is 0. The second-order valence-electron chi connectivity index (χ2n) is 6.96. The lowest BCUT2D eigenvalue weighted by Gasteiger charge is -2.13. The molecular formula is C25H20Cl2. The maximum Gasteiger partial charge on any atom is 0.0412 e. The minimum absolute atomic E-state index is 0.336. The Morgan fingerprint density at radius 2 is 1.44 bits per heavy atom. The van der Waals surface area contributed by atoms with Crippen molar-refractivity contribution >= 4 is 34.3 Å². The van der Waals surface area contributed by atoms with Crippen molar-refractivity contribution in [2.24, 2.45) is 0 Å². The molecule has 0 spiro atoms. The van der Waals surface area contributed by atoms with Crippen molar-refractivity contribution in [1.29, 1.82) is 0 Å². The fourth-order valence-electron chi connectivity index (χ4n) is 3.85. The first-order chi connectivity index (χ1) is 13.0. The van der Waals surface area contributed by atoms with Crippen LogP contribution in [0.2, 0.25) is 10.0 Å². The molecule has 0 bridgehead atoms. The van der Waals surface area contributed by atoms with Gasteiger partial charge in [0, 0.05) is 16.0 Å². The molecule has 134 valence electrons. The summed E-state index contributed by atoms with van der Waals surface area (Å²) in [4.78, 5) is 0. The average Bonchev–Trinajstić information content (AvgIpc) is 2.91. The van der Waals surface area contributed by atoms with E-state index in [0.717, 1.165) is 15.6 Å². The van der Waals surface area contributed by atoms with E-state index in [1.165, 1.54) is 33.4 Å². The van der Waals surface area contributed by atoms with Crippen LogP contribution in [0.5, 0.6) is 0 Å². The van der Waals surface area contributed by atoms with Gasteiger partial charge in [-0.15, -0.1) is 0 Å². The zero-order chi connectivity index (χ0) is 19.0. The van der Waals surface area contributed by atoms with Crippen LogP contribution in [0.15, 0.2) is 84.4 Å². The smallest absolute Gasteiger partial charge is 0.0412 e. The molecular weight excluding hydrogens is 371 g/mol. The summed E-state index contributed by atoms with van der Waals surface area (Å²) in [6.45, 7) is 4.45. The molecule has 1 atom stereocenters. The van der Waals surface area contributed by atoms with E-state index < -0.39 is 0 Å². The van der Waals surface area contributed by atoms with E-state index in [2.05, 4.69) is 68.5 Å². The van der Waals surface area contributed by atoms with E-state index in [4.69, 9.17) is 23.2 Å². The predicted octanol–water partition coefficient (Wildman–Crippen LogP) is 8.02. The number of fused-ring (bicyclic) bond motifs is 1. The Balaban J connectivity index is 1.88. The summed E-state index contributed by atoms with van der Waals surface area (Å²) in [6.07, 6.45) is 2.33. The van der Waals surface area contributed by atoms with Gasteiger partial charge in [-0.05, 0) is 76.2 Å². The van der Waals surface area contributed by atoms with Crippen molar-refractivity contribution in [3.63, 3.8) is 0 Å². The lowest BCUT2D eigenvalue weighted by atomic mass is 9.91. The largest absolute Gasteiger partial charge is 0.0843 e. The third kappa shape index (κ3) is 3.48. The molecule has 0 heterocycles. The normalized spacial score (nSPS) is 16.6. The summed E-state index contributed by atoms with van der Waals surface area (Å²) in [5.41, 5.74) is 8.78. The van der Waals surface area contributed by atoms with Crippen LogP contribution in [0.3, 0.4) is 0 Å². The third-order valence-electron chi connectivity index (χ3n) is 5.33. The minimum atomic E-state index is 0.336. The highest BCUT2D eigenvalue weighted by atomic mass is 35.5. The molecule has 3 aromatic carbocycles. The summed E-state index contributed by atoms with van der Waals surface area (Å²) < 4.78 is 0. The monoisotopic (exact) mass is 390 g/mol. The van der Waals surface area contributed by atoms with E-state index in [9.17, 15) is 0 Å². The maximum absolute atomic E-state index is 6.25. The quantitative estimate of drug-likeness (QED) is 0.424. The van der Waals surface area contributed by atoms with E-state index in [-0.39, 0.29) is 0 Å². The fourth-order valence-corrected chi connectivity index (χ4v) is 4.15. The molecule has 0 amide bonds. The molecule has 1 unspecified atom stereocenters. The van der Waals surface area contributed by atoms with Crippen LogP contribution in [-0.4, -0.2) is 0 Å². The van der Waals surface area contributed by atoms with Crippen molar-refractivity contribution in [2.45, 2.75) is 19.8 Å². The lowest BCUT2D eigenvalue weighted by molar-refractivity contribution is 0.947. The van der Waals surface area contributed by atoms with Gasteiger partial charge in [-0.1, -0.05) is 78.7 Å². The van der Waals surface area contributed by atoms with Crippen LogP contribution in [0, 0.1) is 0 Å². The molecule has 0 saturated heterocycles. The van der Waals surface area contributed by atoms with Gasteiger partial charge in [-0.3, -0.25) is 0 Å². The molecule has 3 aromatic rings. The summed E-state index contributed by atoms with van der Waals surface area (Å²) >= 11 is 12.4. The Kier molecular flexibility index (Phi) is 4.95. The van der Waals surface area contributed by atoms with E-state index in [0.29, 0.717) is 5.92 Å². The van der Waals surface area contributed by atoms with Gasteiger partial charge < -0.3 is 0 Å². The Hall–Kier alpha value is -2.28. The summed E-state index contributed by atoms with van der Waals surface area (Å²) in [7, 11) is 0. The fraction of sp³-hybridized carbons (Fsp3) is 0.120. The van der Waals surface area contributed by atoms with E-state index in [1.807, 2.05) is 24.3 Å². The number of benzene rings is 3. The minimum Gasteiger partial charge on any atom is -0.0843 e. The SMILES string of the molecule is CC1=C(/C=C(\c2ccccc2)c2ccc(Cl)cc2)C(C)c2ccc(Cl)cc21. The van der Waals surface area contributed by atoms with Crippen molar-refractivity contribution in [2.75, 3.05) is 0 Å². The number of hydrogen-bond donors (Lipinski definition) is 0. The zero-order valence-corrected chi connectivity index (χ0v) is 16.9. The Morgan fingerprint density at radius 1 is 0.815 bits per heavy atom. The Bertz CT molecular complexity index is 1040. The molecule has 27 heavy (non-hydrogen) atoms. The van der Waals surface area contributed by atoms with E-state index in [1.54, 1.807) is 0 Å². The highest BCUT2D eigenvalue weighted by Crippen LogP contribution is 2.44. The average molecular weight is 391 g/mol. The van der Waals surface area contributed by atoms with Crippen molar-refractivity contribution in [3.8, 4) is 0 Å². The third-order valence-corrected chi connectivity index (χ3v) is 5.81. The Labute approximate surface area is 170 Å². The van der Waals surface area contributed by atoms with Gasteiger partial charge in [0.15, 0.2) is 0 Å². The van der Waals surface area contributed by atoms with Crippen molar-refractivity contribution < 1.29 is 0 Å².